The van der Waals surface area contributed by atoms with Crippen molar-refractivity contribution in [3.63, 3.8) is 0 Å². The van der Waals surface area contributed by atoms with Crippen molar-refractivity contribution in [2.24, 2.45) is 5.92 Å². The first-order chi connectivity index (χ1) is 9.47. The first-order valence-electron chi connectivity index (χ1n) is 6.63. The van der Waals surface area contributed by atoms with Crippen LogP contribution < -0.4 is 10.9 Å². The fourth-order valence-electron chi connectivity index (χ4n) is 2.43. The Balaban J connectivity index is 2.11. The third kappa shape index (κ3) is 3.62. The van der Waals surface area contributed by atoms with E-state index >= 15 is 0 Å². The molecule has 3 unspecified atom stereocenters. The first-order valence-corrected chi connectivity index (χ1v) is 8.19. The topological polar surface area (TPSA) is 64.2 Å². The van der Waals surface area contributed by atoms with Crippen molar-refractivity contribution in [2.45, 2.75) is 31.2 Å². The molecule has 0 radical (unpaired) electrons. The van der Waals surface area contributed by atoms with Crippen LogP contribution in [0.5, 0.6) is 0 Å². The molecule has 1 saturated heterocycles. The molecule has 0 bridgehead atoms. The summed E-state index contributed by atoms with van der Waals surface area (Å²) in [5.74, 6) is 0.304. The Kier molecular flexibility index (Phi) is 4.86. The highest BCUT2D eigenvalue weighted by Gasteiger charge is 2.26. The molecule has 2 N–H and O–H groups in total. The van der Waals surface area contributed by atoms with Crippen molar-refractivity contribution in [2.75, 3.05) is 6.26 Å². The van der Waals surface area contributed by atoms with Gasteiger partial charge in [-0.05, 0) is 53.8 Å². The third-order valence-electron chi connectivity index (χ3n) is 3.54. The second kappa shape index (κ2) is 6.43. The van der Waals surface area contributed by atoms with Gasteiger partial charge in [0.05, 0.1) is 6.04 Å². The summed E-state index contributed by atoms with van der Waals surface area (Å²) >= 11 is -0.944. The van der Waals surface area contributed by atoms with Gasteiger partial charge < -0.3 is 4.55 Å². The zero-order chi connectivity index (χ0) is 14.7. The lowest BCUT2D eigenvalue weighted by molar-refractivity contribution is -0.125. The molecule has 1 fully saturated rings. The minimum atomic E-state index is -0.944. The van der Waals surface area contributed by atoms with Crippen LogP contribution in [0.3, 0.4) is 0 Å². The molecular formula is C15H20N2O2S. The molecule has 1 aromatic rings. The van der Waals surface area contributed by atoms with E-state index in [1.54, 1.807) is 6.26 Å². The average Bonchev–Trinajstić information content (AvgIpc) is 2.39. The number of hydrogen-bond donors (Lipinski definition) is 2. The zero-order valence-electron chi connectivity index (χ0n) is 12.0. The maximum Gasteiger partial charge on any atom is 0.234 e. The van der Waals surface area contributed by atoms with Gasteiger partial charge >= 0.3 is 0 Å². The van der Waals surface area contributed by atoms with Gasteiger partial charge in [-0.15, -0.1) is 0 Å². The zero-order valence-corrected chi connectivity index (χ0v) is 12.8. The van der Waals surface area contributed by atoms with Crippen molar-refractivity contribution in [1.82, 2.24) is 10.9 Å². The van der Waals surface area contributed by atoms with Gasteiger partial charge in [0.1, 0.15) is 6.26 Å². The van der Waals surface area contributed by atoms with Crippen molar-refractivity contribution >= 4 is 23.2 Å². The molecule has 108 valence electrons. The molecule has 5 heteroatoms. The summed E-state index contributed by atoms with van der Waals surface area (Å²) in [5, 5.41) is 0. The van der Waals surface area contributed by atoms with Gasteiger partial charge in [-0.1, -0.05) is 18.6 Å². The van der Waals surface area contributed by atoms with Gasteiger partial charge in [-0.2, -0.15) is 0 Å². The molecule has 20 heavy (non-hydrogen) atoms. The molecular weight excluding hydrogens is 272 g/mol. The summed E-state index contributed by atoms with van der Waals surface area (Å²) in [4.78, 5) is 12.1. The Hall–Kier alpha value is -1.30. The summed E-state index contributed by atoms with van der Waals surface area (Å²) in [5.41, 5.74) is 7.98. The summed E-state index contributed by atoms with van der Waals surface area (Å²) in [7, 11) is 0. The molecule has 3 atom stereocenters. The van der Waals surface area contributed by atoms with E-state index in [2.05, 4.69) is 30.8 Å². The maximum absolute atomic E-state index is 11.3. The number of amides is 1. The van der Waals surface area contributed by atoms with E-state index in [0.717, 1.165) is 10.5 Å². The quantitative estimate of drug-likeness (QED) is 0.836. The second-order valence-electron chi connectivity index (χ2n) is 5.26. The number of carbonyl (C=O) groups is 1. The molecule has 0 spiro atoms. The Morgan fingerprint density at radius 2 is 2.05 bits per heavy atom. The van der Waals surface area contributed by atoms with E-state index in [1.807, 2.05) is 24.3 Å². The van der Waals surface area contributed by atoms with E-state index in [4.69, 9.17) is 0 Å². The number of carbonyl (C=O) groups excluding carboxylic acids is 1. The maximum atomic E-state index is 11.3. The molecule has 1 heterocycles. The first kappa shape index (κ1) is 15.1. The summed E-state index contributed by atoms with van der Waals surface area (Å²) in [6.07, 6.45) is 4.30. The molecule has 0 aromatic heterocycles. The van der Waals surface area contributed by atoms with E-state index < -0.39 is 11.2 Å². The minimum absolute atomic E-state index is 0.0383. The fourth-order valence-corrected chi connectivity index (χ4v) is 2.95. The molecule has 1 amide bonds. The lowest BCUT2D eigenvalue weighted by Gasteiger charge is -2.30. The predicted octanol–water partition coefficient (Wildman–Crippen LogP) is 1.86. The van der Waals surface area contributed by atoms with Crippen molar-refractivity contribution in [1.29, 1.82) is 0 Å². The predicted molar refractivity (Wildman–Crippen MR) is 81.3 cm³/mol. The number of hydrazine groups is 1. The normalized spacial score (nSPS) is 25.2. The average molecular weight is 292 g/mol. The van der Waals surface area contributed by atoms with E-state index in [0.29, 0.717) is 6.42 Å². The molecule has 1 aromatic carbocycles. The summed E-state index contributed by atoms with van der Waals surface area (Å²) in [6, 6.07) is 7.84. The van der Waals surface area contributed by atoms with Gasteiger partial charge in [0, 0.05) is 6.42 Å². The molecule has 1 aliphatic rings. The third-order valence-corrected chi connectivity index (χ3v) is 4.48. The van der Waals surface area contributed by atoms with Gasteiger partial charge in [0.2, 0.25) is 5.91 Å². The highest BCUT2D eigenvalue weighted by molar-refractivity contribution is 7.90. The standard InChI is InChI=1S/C15H20N2O2S/c1-10(15-11(2)9-14(18)16-17-15)8-12-4-6-13(7-5-12)20(3)19/h4-8,11,15,17H,9H2,1-3H3,(H,16,18)/b10-8+. The molecule has 4 nitrogen and oxygen atoms in total. The highest BCUT2D eigenvalue weighted by atomic mass is 32.2. The lowest BCUT2D eigenvalue weighted by Crippen LogP contribution is -2.53. The monoisotopic (exact) mass is 292 g/mol. The van der Waals surface area contributed by atoms with Crippen LogP contribution in [-0.2, 0) is 16.0 Å². The van der Waals surface area contributed by atoms with Crippen LogP contribution in [0, 0.1) is 5.92 Å². The van der Waals surface area contributed by atoms with Crippen LogP contribution in [0.2, 0.25) is 0 Å². The SMILES string of the molecule is C/C(=C\c1ccc([S+](C)[O-])cc1)C1NNC(=O)CC1C. The van der Waals surface area contributed by atoms with Gasteiger partial charge in [0.25, 0.3) is 0 Å². The second-order valence-corrected chi connectivity index (χ2v) is 6.64. The Labute approximate surface area is 122 Å². The smallest absolute Gasteiger partial charge is 0.234 e. The van der Waals surface area contributed by atoms with Crippen molar-refractivity contribution in [3.05, 3.63) is 35.4 Å². The van der Waals surface area contributed by atoms with Crippen LogP contribution in [-0.4, -0.2) is 22.8 Å². The van der Waals surface area contributed by atoms with E-state index in [-0.39, 0.29) is 17.9 Å². The summed E-state index contributed by atoms with van der Waals surface area (Å²) in [6.45, 7) is 4.12. The van der Waals surface area contributed by atoms with Gasteiger partial charge in [-0.25, -0.2) is 5.43 Å². The van der Waals surface area contributed by atoms with Crippen LogP contribution in [0.4, 0.5) is 0 Å². The molecule has 0 saturated carbocycles. The van der Waals surface area contributed by atoms with Crippen LogP contribution in [0.25, 0.3) is 6.08 Å². The van der Waals surface area contributed by atoms with Crippen LogP contribution in [0.15, 0.2) is 34.7 Å². The van der Waals surface area contributed by atoms with Crippen molar-refractivity contribution < 1.29 is 9.35 Å². The van der Waals surface area contributed by atoms with Crippen molar-refractivity contribution in [3.8, 4) is 0 Å². The number of rotatable bonds is 3. The van der Waals surface area contributed by atoms with E-state index in [9.17, 15) is 9.35 Å². The summed E-state index contributed by atoms with van der Waals surface area (Å²) < 4.78 is 11.3. The van der Waals surface area contributed by atoms with Crippen LogP contribution in [0.1, 0.15) is 25.8 Å². The lowest BCUT2D eigenvalue weighted by atomic mass is 9.90. The van der Waals surface area contributed by atoms with Gasteiger partial charge in [0.15, 0.2) is 4.90 Å². The van der Waals surface area contributed by atoms with Gasteiger partial charge in [-0.3, -0.25) is 10.2 Å². The van der Waals surface area contributed by atoms with E-state index in [1.165, 1.54) is 5.57 Å². The fraction of sp³-hybridized carbons (Fsp3) is 0.400. The molecule has 2 rings (SSSR count). The molecule has 0 aliphatic carbocycles. The largest absolute Gasteiger partial charge is 0.612 e. The minimum Gasteiger partial charge on any atom is -0.612 e. The van der Waals surface area contributed by atoms with Crippen LogP contribution >= 0.6 is 0 Å². The highest BCUT2D eigenvalue weighted by Crippen LogP contribution is 2.21. The molecule has 1 aliphatic heterocycles. The Bertz CT molecular complexity index is 511. The number of nitrogens with one attached hydrogen (secondary N) is 2. The Morgan fingerprint density at radius 3 is 2.60 bits per heavy atom. The number of hydrogen-bond acceptors (Lipinski definition) is 3. The number of benzene rings is 1. The Morgan fingerprint density at radius 1 is 1.40 bits per heavy atom.